The van der Waals surface area contributed by atoms with Gasteiger partial charge in [0.1, 0.15) is 18.2 Å². The van der Waals surface area contributed by atoms with Crippen LogP contribution in [-0.4, -0.2) is 46.3 Å². The molecule has 0 saturated heterocycles. The third-order valence-electron chi connectivity index (χ3n) is 6.51. The van der Waals surface area contributed by atoms with Crippen molar-refractivity contribution >= 4 is 17.0 Å². The zero-order chi connectivity index (χ0) is 28.8. The molecule has 0 radical (unpaired) electrons. The Hall–Kier alpha value is -5.14. The van der Waals surface area contributed by atoms with Gasteiger partial charge in [-0.3, -0.25) is 4.98 Å². The van der Waals surface area contributed by atoms with Gasteiger partial charge in [-0.2, -0.15) is 5.26 Å². The summed E-state index contributed by atoms with van der Waals surface area (Å²) in [7, 11) is 2.99. The number of esters is 1. The summed E-state index contributed by atoms with van der Waals surface area (Å²) in [6.07, 6.45) is 2.21. The fourth-order valence-electron chi connectivity index (χ4n) is 4.37. The maximum absolute atomic E-state index is 14.2. The number of hydrogen-bond donors (Lipinski definition) is 0. The van der Waals surface area contributed by atoms with Crippen molar-refractivity contribution in [2.24, 2.45) is 0 Å². The number of imidazole rings is 1. The number of methoxy groups -OCH3 is 2. The van der Waals surface area contributed by atoms with Crippen LogP contribution in [-0.2, 0) is 29.0 Å². The zero-order valence-electron chi connectivity index (χ0n) is 22.5. The number of fused-ring (bicyclic) bond motifs is 1. The second-order valence-corrected chi connectivity index (χ2v) is 9.15. The largest absolute Gasteiger partial charge is 0.473 e. The maximum atomic E-state index is 14.2. The van der Waals surface area contributed by atoms with Gasteiger partial charge in [-0.05, 0) is 48.5 Å². The molecule has 0 aliphatic rings. The summed E-state index contributed by atoms with van der Waals surface area (Å²) < 4.78 is 32.1. The van der Waals surface area contributed by atoms with E-state index >= 15 is 0 Å². The Labute approximate surface area is 235 Å². The minimum atomic E-state index is -0.500. The normalized spacial score (nSPS) is 10.9. The van der Waals surface area contributed by atoms with E-state index in [1.165, 1.54) is 19.2 Å². The molecule has 3 aromatic heterocycles. The summed E-state index contributed by atoms with van der Waals surface area (Å²) >= 11 is 0. The lowest BCUT2D eigenvalue weighted by Crippen LogP contribution is -2.10. The van der Waals surface area contributed by atoms with Crippen LogP contribution in [0.15, 0.2) is 72.9 Å². The second kappa shape index (κ2) is 12.4. The van der Waals surface area contributed by atoms with Crippen molar-refractivity contribution in [3.63, 3.8) is 0 Å². The van der Waals surface area contributed by atoms with Gasteiger partial charge in [0.2, 0.25) is 5.88 Å². The first-order valence-electron chi connectivity index (χ1n) is 12.8. The molecule has 206 valence electrons. The summed E-state index contributed by atoms with van der Waals surface area (Å²) in [6, 6.07) is 20.6. The molecule has 0 aliphatic carbocycles. The average molecular weight is 552 g/mol. The summed E-state index contributed by atoms with van der Waals surface area (Å²) in [6.45, 7) is 1.03. The highest BCUT2D eigenvalue weighted by Crippen LogP contribution is 2.23. The van der Waals surface area contributed by atoms with Gasteiger partial charge in [0.05, 0.1) is 47.6 Å². The lowest BCUT2D eigenvalue weighted by Gasteiger charge is -2.10. The van der Waals surface area contributed by atoms with E-state index in [2.05, 4.69) is 9.97 Å². The number of aromatic nitrogens is 4. The summed E-state index contributed by atoms with van der Waals surface area (Å²) in [5, 5.41) is 8.91. The van der Waals surface area contributed by atoms with Gasteiger partial charge >= 0.3 is 5.97 Å². The van der Waals surface area contributed by atoms with Gasteiger partial charge in [0.15, 0.2) is 0 Å². The van der Waals surface area contributed by atoms with Gasteiger partial charge in [0.25, 0.3) is 0 Å². The minimum Gasteiger partial charge on any atom is -0.473 e. The van der Waals surface area contributed by atoms with Crippen molar-refractivity contribution in [3.8, 4) is 23.2 Å². The summed E-state index contributed by atoms with van der Waals surface area (Å²) in [5.41, 5.74) is 4.88. The Morgan fingerprint density at radius 2 is 1.93 bits per heavy atom. The van der Waals surface area contributed by atoms with Crippen LogP contribution in [0.4, 0.5) is 4.39 Å². The molecule has 0 fully saturated rings. The van der Waals surface area contributed by atoms with Crippen LogP contribution in [0.25, 0.3) is 22.3 Å². The Bertz CT molecular complexity index is 1740. The number of carbonyl (C=O) groups excluding carboxylic acids is 1. The summed E-state index contributed by atoms with van der Waals surface area (Å²) in [5.74, 6) is 0.228. The van der Waals surface area contributed by atoms with Crippen molar-refractivity contribution in [2.75, 3.05) is 20.8 Å². The molecule has 9 nitrogen and oxygen atoms in total. The SMILES string of the molecule is COCCn1c(Cc2ccc(-c3cccc(OCc4ccc(C#N)cc4F)n3)cn2)nc2ccc(C(=O)OC)cc21. The van der Waals surface area contributed by atoms with E-state index in [0.29, 0.717) is 42.3 Å². The number of hydrogen-bond acceptors (Lipinski definition) is 8. The molecule has 0 amide bonds. The predicted octanol–water partition coefficient (Wildman–Crippen LogP) is 5.11. The Kier molecular flexibility index (Phi) is 8.27. The molecule has 41 heavy (non-hydrogen) atoms. The van der Waals surface area contributed by atoms with E-state index in [4.69, 9.17) is 24.5 Å². The molecule has 5 rings (SSSR count). The number of benzene rings is 2. The Balaban J connectivity index is 1.33. The van der Waals surface area contributed by atoms with Gasteiger partial charge in [-0.25, -0.2) is 19.2 Å². The Morgan fingerprint density at radius 1 is 1.05 bits per heavy atom. The van der Waals surface area contributed by atoms with E-state index in [1.807, 2.05) is 34.9 Å². The number of rotatable bonds is 10. The lowest BCUT2D eigenvalue weighted by molar-refractivity contribution is 0.0601. The average Bonchev–Trinajstić information content (AvgIpc) is 3.35. The van der Waals surface area contributed by atoms with Crippen molar-refractivity contribution in [1.29, 1.82) is 5.26 Å². The minimum absolute atomic E-state index is 0.0175. The van der Waals surface area contributed by atoms with Crippen LogP contribution < -0.4 is 4.74 Å². The summed E-state index contributed by atoms with van der Waals surface area (Å²) in [4.78, 5) is 26.0. The van der Waals surface area contributed by atoms with Gasteiger partial charge in [-0.1, -0.05) is 12.1 Å². The third kappa shape index (κ3) is 6.21. The topological polar surface area (TPSA) is 112 Å². The Morgan fingerprint density at radius 3 is 2.66 bits per heavy atom. The molecular formula is C31H26FN5O4. The van der Waals surface area contributed by atoms with Gasteiger partial charge in [-0.15, -0.1) is 0 Å². The van der Waals surface area contributed by atoms with Crippen LogP contribution in [0.5, 0.6) is 5.88 Å². The van der Waals surface area contributed by atoms with E-state index in [1.54, 1.807) is 43.6 Å². The van der Waals surface area contributed by atoms with Crippen LogP contribution >= 0.6 is 0 Å². The van der Waals surface area contributed by atoms with Crippen LogP contribution in [0, 0.1) is 17.1 Å². The van der Waals surface area contributed by atoms with Crippen LogP contribution in [0.2, 0.25) is 0 Å². The second-order valence-electron chi connectivity index (χ2n) is 9.15. The highest BCUT2D eigenvalue weighted by molar-refractivity contribution is 5.93. The number of pyridine rings is 2. The molecule has 2 aromatic carbocycles. The molecule has 3 heterocycles. The van der Waals surface area contributed by atoms with Crippen LogP contribution in [0.3, 0.4) is 0 Å². The van der Waals surface area contributed by atoms with Crippen molar-refractivity contribution in [3.05, 3.63) is 107 Å². The highest BCUT2D eigenvalue weighted by atomic mass is 19.1. The fraction of sp³-hybridized carbons (Fsp3) is 0.194. The monoisotopic (exact) mass is 551 g/mol. The highest BCUT2D eigenvalue weighted by Gasteiger charge is 2.15. The molecule has 10 heteroatoms. The van der Waals surface area contributed by atoms with E-state index in [0.717, 1.165) is 28.1 Å². The first-order valence-corrected chi connectivity index (χ1v) is 12.8. The number of nitriles is 1. The molecule has 0 aliphatic heterocycles. The molecule has 0 N–H and O–H groups in total. The molecule has 0 saturated carbocycles. The molecule has 5 aromatic rings. The molecule has 0 atom stereocenters. The van der Waals surface area contributed by atoms with Gasteiger partial charge in [0, 0.05) is 49.2 Å². The molecule has 0 unspecified atom stereocenters. The smallest absolute Gasteiger partial charge is 0.337 e. The van der Waals surface area contributed by atoms with Crippen molar-refractivity contribution < 1.29 is 23.4 Å². The predicted molar refractivity (Wildman–Crippen MR) is 149 cm³/mol. The maximum Gasteiger partial charge on any atom is 0.337 e. The number of halogens is 1. The van der Waals surface area contributed by atoms with Crippen molar-refractivity contribution in [2.45, 2.75) is 19.6 Å². The third-order valence-corrected chi connectivity index (χ3v) is 6.51. The number of nitrogens with zero attached hydrogens (tertiary/aromatic N) is 5. The van der Waals surface area contributed by atoms with Crippen LogP contribution in [0.1, 0.15) is 33.0 Å². The quantitative estimate of drug-likeness (QED) is 0.220. The molecular weight excluding hydrogens is 525 g/mol. The fourth-order valence-corrected chi connectivity index (χ4v) is 4.37. The zero-order valence-corrected chi connectivity index (χ0v) is 22.5. The van der Waals surface area contributed by atoms with Crippen molar-refractivity contribution in [1.82, 2.24) is 19.5 Å². The first kappa shape index (κ1) is 27.4. The van der Waals surface area contributed by atoms with E-state index < -0.39 is 11.8 Å². The van der Waals surface area contributed by atoms with Gasteiger partial charge < -0.3 is 18.8 Å². The van der Waals surface area contributed by atoms with E-state index in [9.17, 15) is 9.18 Å². The van der Waals surface area contributed by atoms with E-state index in [-0.39, 0.29) is 12.2 Å². The molecule has 0 bridgehead atoms. The number of ether oxygens (including phenoxy) is 3. The molecule has 0 spiro atoms. The number of carbonyl (C=O) groups is 1. The lowest BCUT2D eigenvalue weighted by atomic mass is 10.1. The standard InChI is InChI=1S/C31H26FN5O4/c1-39-13-12-37-28-15-21(31(38)40-2)9-11-27(28)35-29(37)16-24-10-8-22(18-34-24)26-4-3-5-30(36-26)41-19-23-7-6-20(17-33)14-25(23)32/h3-11,14-15,18H,12-13,16,19H2,1-2H3. The first-order chi connectivity index (χ1) is 20.0.